The number of allylic oxidation sites excluding steroid dienone is 1. The van der Waals surface area contributed by atoms with Crippen LogP contribution in [0.2, 0.25) is 10.0 Å². The summed E-state index contributed by atoms with van der Waals surface area (Å²) in [7, 11) is 0. The fraction of sp³-hybridized carbons (Fsp3) is 0.133. The zero-order chi connectivity index (χ0) is 16.7. The molecule has 23 heavy (non-hydrogen) atoms. The predicted octanol–water partition coefficient (Wildman–Crippen LogP) is 2.60. The molecule has 6 nitrogen and oxygen atoms in total. The molecule has 116 valence electrons. The summed E-state index contributed by atoms with van der Waals surface area (Å²) >= 11 is 12.2. The molecular formula is C15H10Cl2N4O2. The number of nitrogens with zero attached hydrogens (tertiary/aromatic N) is 2. The number of nitrogens with one attached hydrogen (secondary N) is 1. The minimum atomic E-state index is -0.773. The van der Waals surface area contributed by atoms with Crippen molar-refractivity contribution in [3.05, 3.63) is 67.0 Å². The van der Waals surface area contributed by atoms with Crippen LogP contribution in [0, 0.1) is 18.3 Å². The van der Waals surface area contributed by atoms with Crippen molar-refractivity contribution in [2.75, 3.05) is 0 Å². The number of aryl methyl sites for hydroxylation is 1. The van der Waals surface area contributed by atoms with Crippen molar-refractivity contribution in [3.8, 4) is 11.9 Å². The van der Waals surface area contributed by atoms with Gasteiger partial charge >= 0.3 is 0 Å². The quantitative estimate of drug-likeness (QED) is 0.823. The second-order valence-corrected chi connectivity index (χ2v) is 5.80. The van der Waals surface area contributed by atoms with Crippen LogP contribution in [0.15, 0.2) is 34.4 Å². The summed E-state index contributed by atoms with van der Waals surface area (Å²) in [6.45, 7) is 1.62. The van der Waals surface area contributed by atoms with E-state index < -0.39 is 11.5 Å². The van der Waals surface area contributed by atoms with Crippen LogP contribution >= 0.6 is 23.2 Å². The molecule has 1 atom stereocenters. The number of fused-ring (bicyclic) bond motifs is 1. The molecule has 0 fully saturated rings. The maximum atomic E-state index is 12.4. The van der Waals surface area contributed by atoms with Crippen LogP contribution in [-0.4, -0.2) is 9.97 Å². The maximum absolute atomic E-state index is 12.4. The van der Waals surface area contributed by atoms with Crippen molar-refractivity contribution in [2.24, 2.45) is 5.73 Å². The van der Waals surface area contributed by atoms with E-state index in [-0.39, 0.29) is 22.9 Å². The Kier molecular flexibility index (Phi) is 3.76. The molecule has 2 aromatic rings. The molecule has 0 bridgehead atoms. The number of ether oxygens (including phenoxy) is 1. The van der Waals surface area contributed by atoms with Gasteiger partial charge in [0, 0.05) is 10.0 Å². The van der Waals surface area contributed by atoms with Crippen LogP contribution in [0.1, 0.15) is 22.9 Å². The van der Waals surface area contributed by atoms with E-state index in [9.17, 15) is 10.1 Å². The molecule has 0 spiro atoms. The van der Waals surface area contributed by atoms with Crippen LogP contribution < -0.4 is 16.0 Å². The number of halogens is 2. The number of nitriles is 1. The summed E-state index contributed by atoms with van der Waals surface area (Å²) < 4.78 is 5.35. The van der Waals surface area contributed by atoms with Gasteiger partial charge in [-0.3, -0.25) is 4.79 Å². The minimum Gasteiger partial charge on any atom is -0.422 e. The minimum absolute atomic E-state index is 0.0683. The van der Waals surface area contributed by atoms with E-state index in [1.54, 1.807) is 19.1 Å². The molecule has 0 saturated carbocycles. The third-order valence-corrected chi connectivity index (χ3v) is 4.04. The number of aromatic amines is 1. The molecule has 0 radical (unpaired) electrons. The lowest BCUT2D eigenvalue weighted by molar-refractivity contribution is 0.373. The summed E-state index contributed by atoms with van der Waals surface area (Å²) in [5, 5.41) is 10.2. The lowest BCUT2D eigenvalue weighted by Crippen LogP contribution is -2.29. The van der Waals surface area contributed by atoms with Crippen molar-refractivity contribution >= 4 is 23.2 Å². The van der Waals surface area contributed by atoms with E-state index in [0.717, 1.165) is 0 Å². The SMILES string of the molecule is Cc1nc2c(c(=O)[nH]1)C(c1ccc(Cl)cc1Cl)C(C#N)=C(N)O2. The van der Waals surface area contributed by atoms with E-state index >= 15 is 0 Å². The summed E-state index contributed by atoms with van der Waals surface area (Å²) in [6.07, 6.45) is 0. The van der Waals surface area contributed by atoms with Gasteiger partial charge in [-0.15, -0.1) is 0 Å². The van der Waals surface area contributed by atoms with E-state index in [1.165, 1.54) is 6.07 Å². The van der Waals surface area contributed by atoms with Crippen molar-refractivity contribution in [2.45, 2.75) is 12.8 Å². The topological polar surface area (TPSA) is 105 Å². The molecule has 2 heterocycles. The first kappa shape index (κ1) is 15.4. The van der Waals surface area contributed by atoms with Gasteiger partial charge in [0.05, 0.1) is 11.5 Å². The predicted molar refractivity (Wildman–Crippen MR) is 85.4 cm³/mol. The Balaban J connectivity index is 2.34. The maximum Gasteiger partial charge on any atom is 0.258 e. The highest BCUT2D eigenvalue weighted by atomic mass is 35.5. The molecule has 3 N–H and O–H groups in total. The average molecular weight is 349 g/mol. The van der Waals surface area contributed by atoms with E-state index in [4.69, 9.17) is 33.7 Å². The lowest BCUT2D eigenvalue weighted by atomic mass is 9.85. The van der Waals surface area contributed by atoms with Gasteiger partial charge in [-0.2, -0.15) is 10.2 Å². The van der Waals surface area contributed by atoms with Crippen LogP contribution in [0.5, 0.6) is 5.88 Å². The molecular weight excluding hydrogens is 339 g/mol. The van der Waals surface area contributed by atoms with Crippen LogP contribution in [-0.2, 0) is 0 Å². The van der Waals surface area contributed by atoms with Gasteiger partial charge in [-0.25, -0.2) is 0 Å². The second kappa shape index (κ2) is 5.61. The second-order valence-electron chi connectivity index (χ2n) is 4.96. The van der Waals surface area contributed by atoms with E-state index in [1.807, 2.05) is 6.07 Å². The largest absolute Gasteiger partial charge is 0.422 e. The average Bonchev–Trinajstić information content (AvgIpc) is 2.45. The van der Waals surface area contributed by atoms with Gasteiger partial charge in [0.25, 0.3) is 5.56 Å². The molecule has 3 rings (SSSR count). The highest BCUT2D eigenvalue weighted by Crippen LogP contribution is 2.41. The Labute approximate surface area is 141 Å². The number of benzene rings is 1. The monoisotopic (exact) mass is 348 g/mol. The number of H-pyrrole nitrogens is 1. The molecule has 1 aromatic heterocycles. The Morgan fingerprint density at radius 3 is 2.83 bits per heavy atom. The molecule has 1 unspecified atom stereocenters. The normalized spacial score (nSPS) is 16.5. The molecule has 1 aliphatic rings. The smallest absolute Gasteiger partial charge is 0.258 e. The highest BCUT2D eigenvalue weighted by Gasteiger charge is 2.35. The summed E-state index contributed by atoms with van der Waals surface area (Å²) in [6, 6.07) is 6.79. The summed E-state index contributed by atoms with van der Waals surface area (Å²) in [5.74, 6) is -0.430. The van der Waals surface area contributed by atoms with E-state index in [0.29, 0.717) is 21.4 Å². The van der Waals surface area contributed by atoms with E-state index in [2.05, 4.69) is 9.97 Å². The number of nitrogens with two attached hydrogens (primary N) is 1. The molecule has 0 aliphatic carbocycles. The first-order chi connectivity index (χ1) is 10.9. The fourth-order valence-corrected chi connectivity index (χ4v) is 3.03. The summed E-state index contributed by atoms with van der Waals surface area (Å²) in [5.41, 5.74) is 6.22. The molecule has 8 heteroatoms. The van der Waals surface area contributed by atoms with Crippen molar-refractivity contribution in [1.82, 2.24) is 9.97 Å². The van der Waals surface area contributed by atoms with Crippen molar-refractivity contribution in [3.63, 3.8) is 0 Å². The molecule has 1 aliphatic heterocycles. The van der Waals surface area contributed by atoms with Gasteiger partial charge in [0.1, 0.15) is 17.5 Å². The van der Waals surface area contributed by atoms with Crippen molar-refractivity contribution < 1.29 is 4.74 Å². The zero-order valence-corrected chi connectivity index (χ0v) is 13.4. The van der Waals surface area contributed by atoms with Crippen LogP contribution in [0.4, 0.5) is 0 Å². The first-order valence-corrected chi connectivity index (χ1v) is 7.31. The van der Waals surface area contributed by atoms with Gasteiger partial charge in [-0.1, -0.05) is 29.3 Å². The van der Waals surface area contributed by atoms with Gasteiger partial charge in [0.2, 0.25) is 11.8 Å². The van der Waals surface area contributed by atoms with Gasteiger partial charge in [-0.05, 0) is 24.6 Å². The Morgan fingerprint density at radius 1 is 1.43 bits per heavy atom. The highest BCUT2D eigenvalue weighted by molar-refractivity contribution is 6.35. The Morgan fingerprint density at radius 2 is 2.17 bits per heavy atom. The number of hydrogen-bond donors (Lipinski definition) is 2. The lowest BCUT2D eigenvalue weighted by Gasteiger charge is -2.25. The summed E-state index contributed by atoms with van der Waals surface area (Å²) in [4.78, 5) is 19.1. The molecule has 1 aromatic carbocycles. The third-order valence-electron chi connectivity index (χ3n) is 3.48. The first-order valence-electron chi connectivity index (χ1n) is 6.55. The van der Waals surface area contributed by atoms with Gasteiger partial charge in [0.15, 0.2) is 0 Å². The molecule has 0 amide bonds. The standard InChI is InChI=1S/C15H10Cl2N4O2/c1-6-20-14(22)12-11(8-3-2-7(16)4-10(8)17)9(5-18)13(19)23-15(12)21-6/h2-4,11H,19H2,1H3,(H,20,21,22). The Hall–Kier alpha value is -2.49. The third kappa shape index (κ3) is 2.54. The number of rotatable bonds is 1. The number of aromatic nitrogens is 2. The van der Waals surface area contributed by atoms with Crippen LogP contribution in [0.3, 0.4) is 0 Å². The zero-order valence-electron chi connectivity index (χ0n) is 11.9. The molecule has 0 saturated heterocycles. The fourth-order valence-electron chi connectivity index (χ4n) is 2.51. The van der Waals surface area contributed by atoms with Crippen LogP contribution in [0.25, 0.3) is 0 Å². The number of hydrogen-bond acceptors (Lipinski definition) is 5. The van der Waals surface area contributed by atoms with Crippen molar-refractivity contribution in [1.29, 1.82) is 5.26 Å². The Bertz CT molecular complexity index is 943. The van der Waals surface area contributed by atoms with Gasteiger partial charge < -0.3 is 15.5 Å².